The first-order chi connectivity index (χ1) is 10.1. The number of benzene rings is 1. The summed E-state index contributed by atoms with van der Waals surface area (Å²) >= 11 is 2.97. The van der Waals surface area contributed by atoms with Crippen LogP contribution >= 0.6 is 22.7 Å². The van der Waals surface area contributed by atoms with Crippen LogP contribution in [0.25, 0.3) is 10.6 Å². The Morgan fingerprint density at radius 2 is 2.05 bits per heavy atom. The van der Waals surface area contributed by atoms with E-state index in [9.17, 15) is 9.18 Å². The third-order valence-corrected chi connectivity index (χ3v) is 4.62. The van der Waals surface area contributed by atoms with Gasteiger partial charge in [-0.1, -0.05) is 12.1 Å². The van der Waals surface area contributed by atoms with Crippen molar-refractivity contribution in [2.45, 2.75) is 6.92 Å². The number of thiazole rings is 1. The Hall–Kier alpha value is -2.05. The van der Waals surface area contributed by atoms with E-state index in [4.69, 9.17) is 0 Å². The average Bonchev–Trinajstić information content (AvgIpc) is 3.08. The second-order valence-corrected chi connectivity index (χ2v) is 6.53. The Labute approximate surface area is 129 Å². The zero-order valence-electron chi connectivity index (χ0n) is 11.1. The molecular formula is C15H11FN2OS2. The van der Waals surface area contributed by atoms with Gasteiger partial charge in [-0.15, -0.1) is 22.7 Å². The highest BCUT2D eigenvalue weighted by Crippen LogP contribution is 2.30. The zero-order chi connectivity index (χ0) is 14.8. The van der Waals surface area contributed by atoms with Crippen LogP contribution in [0.2, 0.25) is 0 Å². The summed E-state index contributed by atoms with van der Waals surface area (Å²) in [6.07, 6.45) is 0. The van der Waals surface area contributed by atoms with Gasteiger partial charge in [0.15, 0.2) is 5.13 Å². The molecule has 0 fully saturated rings. The number of rotatable bonds is 3. The summed E-state index contributed by atoms with van der Waals surface area (Å²) in [4.78, 5) is 18.6. The van der Waals surface area contributed by atoms with E-state index in [-0.39, 0.29) is 5.56 Å². The van der Waals surface area contributed by atoms with Gasteiger partial charge in [-0.2, -0.15) is 0 Å². The molecular weight excluding hydrogens is 307 g/mol. The van der Waals surface area contributed by atoms with E-state index in [0.717, 1.165) is 10.6 Å². The zero-order valence-corrected chi connectivity index (χ0v) is 12.7. The van der Waals surface area contributed by atoms with Crippen LogP contribution < -0.4 is 5.32 Å². The van der Waals surface area contributed by atoms with Crippen molar-refractivity contribution in [1.29, 1.82) is 0 Å². The number of halogens is 1. The van der Waals surface area contributed by atoms with E-state index in [1.54, 1.807) is 23.5 Å². The third kappa shape index (κ3) is 3.01. The molecule has 3 nitrogen and oxygen atoms in total. The lowest BCUT2D eigenvalue weighted by Gasteiger charge is -2.02. The van der Waals surface area contributed by atoms with Crippen molar-refractivity contribution in [2.75, 3.05) is 5.32 Å². The van der Waals surface area contributed by atoms with Crippen LogP contribution in [-0.4, -0.2) is 10.9 Å². The minimum Gasteiger partial charge on any atom is -0.298 e. The summed E-state index contributed by atoms with van der Waals surface area (Å²) in [5, 5.41) is 4.97. The lowest BCUT2D eigenvalue weighted by Crippen LogP contribution is -2.13. The molecule has 0 radical (unpaired) electrons. The third-order valence-electron chi connectivity index (χ3n) is 2.84. The fraction of sp³-hybridized carbons (Fsp3) is 0.0667. The Bertz CT molecular complexity index is 794. The molecule has 1 amide bonds. The molecule has 0 saturated heterocycles. The molecule has 0 aliphatic rings. The van der Waals surface area contributed by atoms with Crippen LogP contribution in [0.3, 0.4) is 0 Å². The highest BCUT2D eigenvalue weighted by Gasteiger charge is 2.13. The van der Waals surface area contributed by atoms with Crippen LogP contribution in [0.15, 0.2) is 41.8 Å². The summed E-state index contributed by atoms with van der Waals surface area (Å²) in [5.41, 5.74) is 0.836. The molecule has 0 aliphatic carbocycles. The number of amides is 1. The number of anilines is 1. The topological polar surface area (TPSA) is 42.0 Å². The summed E-state index contributed by atoms with van der Waals surface area (Å²) in [5.74, 6) is -1.03. The van der Waals surface area contributed by atoms with Crippen molar-refractivity contribution in [2.24, 2.45) is 0 Å². The average molecular weight is 318 g/mol. The molecule has 0 unspecified atom stereocenters. The van der Waals surface area contributed by atoms with Gasteiger partial charge in [0, 0.05) is 10.3 Å². The van der Waals surface area contributed by atoms with Crippen LogP contribution in [0.5, 0.6) is 0 Å². The van der Waals surface area contributed by atoms with Gasteiger partial charge >= 0.3 is 0 Å². The van der Waals surface area contributed by atoms with Gasteiger partial charge in [0.05, 0.1) is 16.1 Å². The standard InChI is InChI=1S/C15H11FN2OS2/c1-9-6-7-13(21-9)12-8-20-15(17-12)18-14(19)10-4-2-3-5-11(10)16/h2-8H,1H3,(H,17,18,19). The molecule has 1 aromatic carbocycles. The first kappa shape index (κ1) is 13.9. The van der Waals surface area contributed by atoms with Gasteiger partial charge in [-0.05, 0) is 31.2 Å². The predicted molar refractivity (Wildman–Crippen MR) is 84.5 cm³/mol. The van der Waals surface area contributed by atoms with E-state index in [1.165, 1.54) is 28.3 Å². The number of thiophene rings is 1. The van der Waals surface area contributed by atoms with Crippen LogP contribution in [0.1, 0.15) is 15.2 Å². The summed E-state index contributed by atoms with van der Waals surface area (Å²) in [6.45, 7) is 2.03. The van der Waals surface area contributed by atoms with Crippen LogP contribution in [-0.2, 0) is 0 Å². The molecule has 2 aromatic heterocycles. The van der Waals surface area contributed by atoms with E-state index in [0.29, 0.717) is 5.13 Å². The minimum atomic E-state index is -0.541. The van der Waals surface area contributed by atoms with Crippen molar-refractivity contribution in [1.82, 2.24) is 4.98 Å². The van der Waals surface area contributed by atoms with E-state index < -0.39 is 11.7 Å². The molecule has 0 saturated carbocycles. The van der Waals surface area contributed by atoms with Gasteiger partial charge in [0.25, 0.3) is 5.91 Å². The molecule has 2 heterocycles. The van der Waals surface area contributed by atoms with Gasteiger partial charge < -0.3 is 0 Å². The first-order valence-electron chi connectivity index (χ1n) is 6.22. The van der Waals surface area contributed by atoms with Crippen molar-refractivity contribution >= 4 is 33.7 Å². The van der Waals surface area contributed by atoms with Crippen molar-refractivity contribution in [3.8, 4) is 10.6 Å². The van der Waals surface area contributed by atoms with Gasteiger partial charge in [0.2, 0.25) is 0 Å². The minimum absolute atomic E-state index is 0.0150. The van der Waals surface area contributed by atoms with E-state index in [1.807, 2.05) is 24.4 Å². The molecule has 6 heteroatoms. The smallest absolute Gasteiger partial charge is 0.260 e. The van der Waals surface area contributed by atoms with E-state index in [2.05, 4.69) is 10.3 Å². The summed E-state index contributed by atoms with van der Waals surface area (Å²) < 4.78 is 13.5. The van der Waals surface area contributed by atoms with Gasteiger partial charge in [-0.25, -0.2) is 9.37 Å². The van der Waals surface area contributed by atoms with Gasteiger partial charge in [0.1, 0.15) is 5.82 Å². The Morgan fingerprint density at radius 3 is 2.76 bits per heavy atom. The summed E-state index contributed by atoms with van der Waals surface area (Å²) in [7, 11) is 0. The molecule has 3 rings (SSSR count). The Morgan fingerprint density at radius 1 is 1.24 bits per heavy atom. The van der Waals surface area contributed by atoms with Crippen molar-refractivity contribution in [3.05, 3.63) is 58.0 Å². The molecule has 1 N–H and O–H groups in total. The highest BCUT2D eigenvalue weighted by atomic mass is 32.1. The maximum absolute atomic E-state index is 13.5. The lowest BCUT2D eigenvalue weighted by molar-refractivity contribution is 0.102. The number of hydrogen-bond donors (Lipinski definition) is 1. The van der Waals surface area contributed by atoms with Crippen LogP contribution in [0.4, 0.5) is 9.52 Å². The number of hydrogen-bond acceptors (Lipinski definition) is 4. The molecule has 21 heavy (non-hydrogen) atoms. The predicted octanol–water partition coefficient (Wildman–Crippen LogP) is 4.57. The number of nitrogens with one attached hydrogen (secondary N) is 1. The fourth-order valence-corrected chi connectivity index (χ4v) is 3.43. The maximum atomic E-state index is 13.5. The molecule has 0 aliphatic heterocycles. The molecule has 0 atom stereocenters. The first-order valence-corrected chi connectivity index (χ1v) is 7.91. The number of aromatic nitrogens is 1. The number of nitrogens with zero attached hydrogens (tertiary/aromatic N) is 1. The number of carbonyl (C=O) groups is 1. The normalized spacial score (nSPS) is 10.6. The monoisotopic (exact) mass is 318 g/mol. The SMILES string of the molecule is Cc1ccc(-c2csc(NC(=O)c3ccccc3F)n2)s1. The molecule has 0 bridgehead atoms. The highest BCUT2D eigenvalue weighted by molar-refractivity contribution is 7.17. The Kier molecular flexibility index (Phi) is 3.81. The number of aryl methyl sites for hydroxylation is 1. The largest absolute Gasteiger partial charge is 0.298 e. The maximum Gasteiger partial charge on any atom is 0.260 e. The quantitative estimate of drug-likeness (QED) is 0.768. The van der Waals surface area contributed by atoms with E-state index >= 15 is 0 Å². The number of carbonyl (C=O) groups excluding carboxylic acids is 1. The lowest BCUT2D eigenvalue weighted by atomic mass is 10.2. The Balaban J connectivity index is 1.79. The van der Waals surface area contributed by atoms with Crippen LogP contribution in [0, 0.1) is 12.7 Å². The van der Waals surface area contributed by atoms with Crippen molar-refractivity contribution < 1.29 is 9.18 Å². The second-order valence-electron chi connectivity index (χ2n) is 4.38. The van der Waals surface area contributed by atoms with Crippen molar-refractivity contribution in [3.63, 3.8) is 0 Å². The van der Waals surface area contributed by atoms with Gasteiger partial charge in [-0.3, -0.25) is 10.1 Å². The summed E-state index contributed by atoms with van der Waals surface area (Å²) in [6, 6.07) is 9.90. The molecule has 0 spiro atoms. The molecule has 3 aromatic rings. The fourth-order valence-electron chi connectivity index (χ4n) is 1.83. The molecule has 106 valence electrons. The second kappa shape index (κ2) is 5.75.